The van der Waals surface area contributed by atoms with Crippen LogP contribution in [0.5, 0.6) is 5.75 Å². The van der Waals surface area contributed by atoms with Crippen molar-refractivity contribution >= 4 is 16.7 Å². The van der Waals surface area contributed by atoms with Gasteiger partial charge in [0.1, 0.15) is 11.6 Å². The van der Waals surface area contributed by atoms with Gasteiger partial charge in [-0.15, -0.1) is 0 Å². The number of hydrogen-bond donors (Lipinski definition) is 3. The molecule has 0 aliphatic carbocycles. The van der Waals surface area contributed by atoms with Crippen LogP contribution in [0.25, 0.3) is 22.4 Å². The van der Waals surface area contributed by atoms with Crippen molar-refractivity contribution in [2.45, 2.75) is 0 Å². The third kappa shape index (κ3) is 1.87. The van der Waals surface area contributed by atoms with Gasteiger partial charge in [-0.05, 0) is 18.2 Å². The molecule has 0 fully saturated rings. The largest absolute Gasteiger partial charge is 0.506 e. The van der Waals surface area contributed by atoms with Gasteiger partial charge in [0.2, 0.25) is 0 Å². The summed E-state index contributed by atoms with van der Waals surface area (Å²) in [5.74, 6) is -1.49. The number of H-pyrrole nitrogens is 1. The van der Waals surface area contributed by atoms with Gasteiger partial charge in [-0.2, -0.15) is 0 Å². The van der Waals surface area contributed by atoms with Crippen molar-refractivity contribution in [1.82, 2.24) is 9.97 Å². The van der Waals surface area contributed by atoms with Gasteiger partial charge >= 0.3 is 0 Å². The normalized spacial score (nSPS) is 11.1. The van der Waals surface area contributed by atoms with Gasteiger partial charge in [0.15, 0.2) is 11.6 Å². The number of aromatic amines is 1. The second-order valence-corrected chi connectivity index (χ2v) is 4.14. The second kappa shape index (κ2) is 3.94. The highest BCUT2D eigenvalue weighted by atomic mass is 19.2. The van der Waals surface area contributed by atoms with Crippen LogP contribution in [0.1, 0.15) is 0 Å². The highest BCUT2D eigenvalue weighted by molar-refractivity contribution is 5.80. The molecule has 3 rings (SSSR count). The molecule has 0 aliphatic heterocycles. The lowest BCUT2D eigenvalue weighted by Crippen LogP contribution is -1.87. The predicted molar refractivity (Wildman–Crippen MR) is 67.5 cm³/mol. The Bertz CT molecular complexity index is 744. The molecule has 0 spiro atoms. The molecular weight excluding hydrogens is 252 g/mol. The molecule has 4 N–H and O–H groups in total. The monoisotopic (exact) mass is 261 g/mol. The van der Waals surface area contributed by atoms with E-state index < -0.39 is 11.6 Å². The minimum atomic E-state index is -0.948. The number of phenolic OH excluding ortho intramolecular Hbond substituents is 1. The van der Waals surface area contributed by atoms with E-state index in [1.165, 1.54) is 12.1 Å². The Balaban J connectivity index is 2.17. The minimum absolute atomic E-state index is 0.0306. The van der Waals surface area contributed by atoms with Crippen molar-refractivity contribution in [1.29, 1.82) is 0 Å². The molecule has 0 bridgehead atoms. The third-order valence-corrected chi connectivity index (χ3v) is 2.82. The van der Waals surface area contributed by atoms with Gasteiger partial charge in [0.05, 0.1) is 16.7 Å². The number of hydrogen-bond acceptors (Lipinski definition) is 3. The average molecular weight is 261 g/mol. The van der Waals surface area contributed by atoms with Crippen LogP contribution in [0, 0.1) is 11.6 Å². The van der Waals surface area contributed by atoms with Gasteiger partial charge < -0.3 is 15.8 Å². The number of phenols is 1. The SMILES string of the molecule is Nc1cc(-c2nc3cc(F)c(F)cc3[nH]2)ccc1O. The van der Waals surface area contributed by atoms with Crippen molar-refractivity contribution in [2.75, 3.05) is 5.73 Å². The summed E-state index contributed by atoms with van der Waals surface area (Å²) in [4.78, 5) is 7.03. The van der Waals surface area contributed by atoms with Crippen molar-refractivity contribution in [3.8, 4) is 17.1 Å². The van der Waals surface area contributed by atoms with E-state index in [0.717, 1.165) is 12.1 Å². The molecule has 4 nitrogen and oxygen atoms in total. The first kappa shape index (κ1) is 11.5. The van der Waals surface area contributed by atoms with Crippen molar-refractivity contribution < 1.29 is 13.9 Å². The Hall–Kier alpha value is -2.63. The Morgan fingerprint density at radius 1 is 1.11 bits per heavy atom. The Kier molecular flexibility index (Phi) is 2.38. The summed E-state index contributed by atoms with van der Waals surface area (Å²) in [5.41, 5.74) is 7.12. The van der Waals surface area contributed by atoms with Gasteiger partial charge in [-0.3, -0.25) is 0 Å². The number of imidazole rings is 1. The predicted octanol–water partition coefficient (Wildman–Crippen LogP) is 2.80. The summed E-state index contributed by atoms with van der Waals surface area (Å²) in [6.07, 6.45) is 0. The number of benzene rings is 2. The van der Waals surface area contributed by atoms with Crippen LogP contribution in [0.15, 0.2) is 30.3 Å². The molecule has 0 unspecified atom stereocenters. The molecule has 0 saturated heterocycles. The molecule has 0 atom stereocenters. The highest BCUT2D eigenvalue weighted by Gasteiger charge is 2.10. The molecule has 0 aliphatic rings. The number of nitrogens with zero attached hydrogens (tertiary/aromatic N) is 1. The van der Waals surface area contributed by atoms with Crippen LogP contribution < -0.4 is 5.73 Å². The summed E-state index contributed by atoms with van der Waals surface area (Å²) < 4.78 is 26.2. The quantitative estimate of drug-likeness (QED) is 0.465. The van der Waals surface area contributed by atoms with Crippen LogP contribution >= 0.6 is 0 Å². The first-order chi connectivity index (χ1) is 9.04. The Labute approximate surface area is 106 Å². The summed E-state index contributed by atoms with van der Waals surface area (Å²) in [6, 6.07) is 6.63. The standard InChI is InChI=1S/C13H9F2N3O/c14-7-4-10-11(5-8(7)15)18-13(17-10)6-1-2-12(19)9(16)3-6/h1-5,19H,16H2,(H,17,18). The van der Waals surface area contributed by atoms with Gasteiger partial charge in [0, 0.05) is 17.7 Å². The number of nitrogens with two attached hydrogens (primary N) is 1. The minimum Gasteiger partial charge on any atom is -0.506 e. The lowest BCUT2D eigenvalue weighted by Gasteiger charge is -2.00. The molecule has 96 valence electrons. The van der Waals surface area contributed by atoms with E-state index in [9.17, 15) is 13.9 Å². The summed E-state index contributed by atoms with van der Waals surface area (Å²) in [5, 5.41) is 9.35. The summed E-state index contributed by atoms with van der Waals surface area (Å²) >= 11 is 0. The fraction of sp³-hybridized carbons (Fsp3) is 0. The number of anilines is 1. The molecule has 1 aromatic heterocycles. The molecule has 6 heteroatoms. The fourth-order valence-electron chi connectivity index (χ4n) is 1.84. The molecule has 0 saturated carbocycles. The molecule has 19 heavy (non-hydrogen) atoms. The van der Waals surface area contributed by atoms with Crippen molar-refractivity contribution in [3.05, 3.63) is 42.0 Å². The maximum Gasteiger partial charge on any atom is 0.161 e. The average Bonchev–Trinajstić information content (AvgIpc) is 2.76. The zero-order chi connectivity index (χ0) is 13.6. The van der Waals surface area contributed by atoms with E-state index in [2.05, 4.69) is 9.97 Å². The summed E-state index contributed by atoms with van der Waals surface area (Å²) in [7, 11) is 0. The lowest BCUT2D eigenvalue weighted by atomic mass is 10.2. The topological polar surface area (TPSA) is 74.9 Å². The van der Waals surface area contributed by atoms with E-state index >= 15 is 0 Å². The maximum absolute atomic E-state index is 13.1. The fourth-order valence-corrected chi connectivity index (χ4v) is 1.84. The number of halogens is 2. The van der Waals surface area contributed by atoms with Crippen LogP contribution in [-0.2, 0) is 0 Å². The molecule has 2 aromatic carbocycles. The molecule has 0 amide bonds. The summed E-state index contributed by atoms with van der Waals surface area (Å²) in [6.45, 7) is 0. The zero-order valence-electron chi connectivity index (χ0n) is 9.61. The van der Waals surface area contributed by atoms with Gasteiger partial charge in [-0.25, -0.2) is 13.8 Å². The van der Waals surface area contributed by atoms with Crippen LogP contribution in [0.4, 0.5) is 14.5 Å². The van der Waals surface area contributed by atoms with Crippen LogP contribution in [0.2, 0.25) is 0 Å². The van der Waals surface area contributed by atoms with E-state index in [1.807, 2.05) is 0 Å². The lowest BCUT2D eigenvalue weighted by molar-refractivity contribution is 0.478. The number of aromatic hydroxyl groups is 1. The first-order valence-corrected chi connectivity index (χ1v) is 5.48. The third-order valence-electron chi connectivity index (χ3n) is 2.82. The Morgan fingerprint density at radius 3 is 2.58 bits per heavy atom. The van der Waals surface area contributed by atoms with Crippen molar-refractivity contribution in [3.63, 3.8) is 0 Å². The van der Waals surface area contributed by atoms with Crippen LogP contribution in [-0.4, -0.2) is 15.1 Å². The maximum atomic E-state index is 13.1. The Morgan fingerprint density at radius 2 is 1.84 bits per heavy atom. The van der Waals surface area contributed by atoms with E-state index in [1.54, 1.807) is 6.07 Å². The highest BCUT2D eigenvalue weighted by Crippen LogP contribution is 2.27. The second-order valence-electron chi connectivity index (χ2n) is 4.14. The number of aromatic nitrogens is 2. The molecule has 1 heterocycles. The molecule has 3 aromatic rings. The van der Waals surface area contributed by atoms with Crippen molar-refractivity contribution in [2.24, 2.45) is 0 Å². The van der Waals surface area contributed by atoms with Gasteiger partial charge in [0.25, 0.3) is 0 Å². The zero-order valence-corrected chi connectivity index (χ0v) is 9.61. The smallest absolute Gasteiger partial charge is 0.161 e. The molecule has 0 radical (unpaired) electrons. The number of fused-ring (bicyclic) bond motifs is 1. The number of rotatable bonds is 1. The van der Waals surface area contributed by atoms with Crippen LogP contribution in [0.3, 0.4) is 0 Å². The van der Waals surface area contributed by atoms with Gasteiger partial charge in [-0.1, -0.05) is 0 Å². The number of nitrogen functional groups attached to an aromatic ring is 1. The van der Waals surface area contributed by atoms with E-state index in [4.69, 9.17) is 5.73 Å². The van der Waals surface area contributed by atoms with E-state index in [0.29, 0.717) is 22.4 Å². The number of nitrogens with one attached hydrogen (secondary N) is 1. The van der Waals surface area contributed by atoms with E-state index in [-0.39, 0.29) is 11.4 Å². The first-order valence-electron chi connectivity index (χ1n) is 5.48. The molecular formula is C13H9F2N3O.